The fourth-order valence-electron chi connectivity index (χ4n) is 2.66. The molecule has 1 aliphatic rings. The van der Waals surface area contributed by atoms with Gasteiger partial charge in [0.1, 0.15) is 0 Å². The van der Waals surface area contributed by atoms with Crippen molar-refractivity contribution >= 4 is 22.7 Å². The van der Waals surface area contributed by atoms with Gasteiger partial charge in [0.25, 0.3) is 0 Å². The van der Waals surface area contributed by atoms with E-state index in [1.807, 2.05) is 22.7 Å². The first kappa shape index (κ1) is 16.1. The van der Waals surface area contributed by atoms with E-state index < -0.39 is 0 Å². The molecule has 3 heterocycles. The number of nitrogens with one attached hydrogen (secondary N) is 1. The number of aromatic nitrogens is 2. The molecule has 3 rings (SSSR count). The smallest absolute Gasteiger partial charge is 0.0991 e. The van der Waals surface area contributed by atoms with Crippen molar-refractivity contribution in [2.24, 2.45) is 0 Å². The van der Waals surface area contributed by atoms with Crippen molar-refractivity contribution in [1.82, 2.24) is 15.3 Å². The van der Waals surface area contributed by atoms with Gasteiger partial charge in [0.15, 0.2) is 0 Å². The fourth-order valence-corrected chi connectivity index (χ4v) is 5.04. The van der Waals surface area contributed by atoms with Gasteiger partial charge in [-0.1, -0.05) is 34.6 Å². The lowest BCUT2D eigenvalue weighted by atomic mass is 9.89. The van der Waals surface area contributed by atoms with E-state index in [2.05, 4.69) is 51.1 Å². The molecule has 3 nitrogen and oxygen atoms in total. The zero-order valence-corrected chi connectivity index (χ0v) is 15.7. The number of hydrogen-bond donors (Lipinski definition) is 1. The minimum Gasteiger partial charge on any atom is -0.311 e. The van der Waals surface area contributed by atoms with Crippen LogP contribution in [0, 0.1) is 0 Å². The Hall–Kier alpha value is -0.780. The Kier molecular flexibility index (Phi) is 4.16. The minimum absolute atomic E-state index is 0.0731. The summed E-state index contributed by atoms with van der Waals surface area (Å²) in [5.74, 6) is 0. The molecule has 0 atom stereocenters. The van der Waals surface area contributed by atoms with Gasteiger partial charge in [-0.3, -0.25) is 0 Å². The molecule has 0 saturated heterocycles. The molecule has 120 valence electrons. The van der Waals surface area contributed by atoms with Crippen LogP contribution in [-0.4, -0.2) is 16.5 Å². The first-order valence-corrected chi connectivity index (χ1v) is 9.54. The van der Waals surface area contributed by atoms with Crippen LogP contribution in [0.25, 0.3) is 0 Å². The van der Waals surface area contributed by atoms with Gasteiger partial charge < -0.3 is 5.32 Å². The number of nitrogens with zero attached hydrogens (tertiary/aromatic N) is 2. The molecule has 0 fully saturated rings. The maximum atomic E-state index is 4.94. The zero-order chi connectivity index (χ0) is 16.0. The lowest BCUT2D eigenvalue weighted by molar-refractivity contribution is 0.520. The molecule has 0 amide bonds. The Morgan fingerprint density at radius 1 is 1.14 bits per heavy atom. The third-order valence-corrected chi connectivity index (χ3v) is 6.88. The van der Waals surface area contributed by atoms with Gasteiger partial charge in [-0.25, -0.2) is 9.97 Å². The molecule has 0 aromatic carbocycles. The topological polar surface area (TPSA) is 37.8 Å². The molecule has 0 spiro atoms. The molecule has 0 aliphatic carbocycles. The van der Waals surface area contributed by atoms with Gasteiger partial charge in [0.2, 0.25) is 0 Å². The molecular weight excluding hydrogens is 310 g/mol. The van der Waals surface area contributed by atoms with E-state index in [9.17, 15) is 0 Å². The van der Waals surface area contributed by atoms with Crippen LogP contribution in [0.1, 0.15) is 60.1 Å². The Bertz CT molecular complexity index is 638. The number of thiazole rings is 2. The average molecular weight is 336 g/mol. The normalized spacial score (nSPS) is 15.9. The summed E-state index contributed by atoms with van der Waals surface area (Å²) in [6.45, 7) is 13.3. The Labute approximate surface area is 141 Å². The van der Waals surface area contributed by atoms with Crippen molar-refractivity contribution in [3.63, 3.8) is 0 Å². The standard InChI is InChI=1S/C17H25N3S2/c1-16(2,3)14-19-9-11(21-14)8-17(4,5)15-20-12-6-7-18-10-13(12)22-15/h9,18H,6-8,10H2,1-5H3. The third kappa shape index (κ3) is 3.26. The molecule has 22 heavy (non-hydrogen) atoms. The quantitative estimate of drug-likeness (QED) is 0.919. The minimum atomic E-state index is 0.0731. The van der Waals surface area contributed by atoms with Gasteiger partial charge in [0, 0.05) is 46.3 Å². The largest absolute Gasteiger partial charge is 0.311 e. The van der Waals surface area contributed by atoms with Gasteiger partial charge >= 0.3 is 0 Å². The Balaban J connectivity index is 1.81. The van der Waals surface area contributed by atoms with E-state index in [1.165, 1.54) is 25.5 Å². The van der Waals surface area contributed by atoms with Crippen LogP contribution >= 0.6 is 22.7 Å². The van der Waals surface area contributed by atoms with Crippen LogP contribution in [0.3, 0.4) is 0 Å². The van der Waals surface area contributed by atoms with Crippen molar-refractivity contribution in [3.05, 3.63) is 31.7 Å². The van der Waals surface area contributed by atoms with E-state index in [0.29, 0.717) is 0 Å². The number of fused-ring (bicyclic) bond motifs is 1. The second kappa shape index (κ2) is 5.69. The first-order valence-electron chi connectivity index (χ1n) is 7.91. The molecule has 2 aromatic heterocycles. The lowest BCUT2D eigenvalue weighted by Crippen LogP contribution is -2.22. The summed E-state index contributed by atoms with van der Waals surface area (Å²) in [7, 11) is 0. The highest BCUT2D eigenvalue weighted by Crippen LogP contribution is 2.36. The van der Waals surface area contributed by atoms with Crippen LogP contribution < -0.4 is 5.32 Å². The summed E-state index contributed by atoms with van der Waals surface area (Å²) in [5, 5.41) is 5.93. The van der Waals surface area contributed by atoms with Gasteiger partial charge in [0.05, 0.1) is 15.7 Å². The van der Waals surface area contributed by atoms with E-state index in [1.54, 1.807) is 0 Å². The van der Waals surface area contributed by atoms with Gasteiger partial charge in [-0.15, -0.1) is 22.7 Å². The first-order chi connectivity index (χ1) is 10.3. The Morgan fingerprint density at radius 2 is 1.91 bits per heavy atom. The molecular formula is C17H25N3S2. The van der Waals surface area contributed by atoms with Crippen LogP contribution in [0.2, 0.25) is 0 Å². The highest BCUT2D eigenvalue weighted by atomic mass is 32.1. The van der Waals surface area contributed by atoms with E-state index in [0.717, 1.165) is 25.9 Å². The lowest BCUT2D eigenvalue weighted by Gasteiger charge is -2.21. The maximum absolute atomic E-state index is 4.94. The SMILES string of the molecule is CC(C)(C)c1ncc(CC(C)(C)c2nc3c(s2)CNCC3)s1. The second-order valence-electron chi connectivity index (χ2n) is 7.76. The highest BCUT2D eigenvalue weighted by molar-refractivity contribution is 7.12. The second-order valence-corrected chi connectivity index (χ2v) is 9.96. The van der Waals surface area contributed by atoms with Gasteiger partial charge in [-0.2, -0.15) is 0 Å². The fraction of sp³-hybridized carbons (Fsp3) is 0.647. The van der Waals surface area contributed by atoms with Crippen molar-refractivity contribution in [2.45, 2.75) is 64.8 Å². The summed E-state index contributed by atoms with van der Waals surface area (Å²) in [6, 6.07) is 0. The third-order valence-electron chi connectivity index (χ3n) is 3.99. The maximum Gasteiger partial charge on any atom is 0.0991 e. The van der Waals surface area contributed by atoms with Crippen molar-refractivity contribution < 1.29 is 0 Å². The summed E-state index contributed by atoms with van der Waals surface area (Å²) < 4.78 is 0. The summed E-state index contributed by atoms with van der Waals surface area (Å²) >= 11 is 3.73. The van der Waals surface area contributed by atoms with Crippen LogP contribution in [0.15, 0.2) is 6.20 Å². The monoisotopic (exact) mass is 335 g/mol. The highest BCUT2D eigenvalue weighted by Gasteiger charge is 2.29. The Morgan fingerprint density at radius 3 is 2.55 bits per heavy atom. The molecule has 0 radical (unpaired) electrons. The molecule has 0 bridgehead atoms. The van der Waals surface area contributed by atoms with Gasteiger partial charge in [-0.05, 0) is 6.42 Å². The van der Waals surface area contributed by atoms with Crippen molar-refractivity contribution in [2.75, 3.05) is 6.54 Å². The van der Waals surface area contributed by atoms with E-state index in [4.69, 9.17) is 4.98 Å². The summed E-state index contributed by atoms with van der Waals surface area (Å²) in [6.07, 6.45) is 4.14. The van der Waals surface area contributed by atoms with Crippen LogP contribution in [-0.2, 0) is 30.2 Å². The average Bonchev–Trinajstić information content (AvgIpc) is 3.03. The number of rotatable bonds is 3. The predicted molar refractivity (Wildman–Crippen MR) is 95.1 cm³/mol. The van der Waals surface area contributed by atoms with Crippen LogP contribution in [0.4, 0.5) is 0 Å². The predicted octanol–water partition coefficient (Wildman–Crippen LogP) is 4.06. The van der Waals surface area contributed by atoms with Crippen LogP contribution in [0.5, 0.6) is 0 Å². The van der Waals surface area contributed by atoms with E-state index in [-0.39, 0.29) is 10.8 Å². The molecule has 1 N–H and O–H groups in total. The molecule has 5 heteroatoms. The molecule has 0 saturated carbocycles. The molecule has 1 aliphatic heterocycles. The van der Waals surface area contributed by atoms with Crippen molar-refractivity contribution in [1.29, 1.82) is 0 Å². The van der Waals surface area contributed by atoms with Crippen molar-refractivity contribution in [3.8, 4) is 0 Å². The molecule has 0 unspecified atom stereocenters. The summed E-state index contributed by atoms with van der Waals surface area (Å²) in [5.41, 5.74) is 1.52. The summed E-state index contributed by atoms with van der Waals surface area (Å²) in [4.78, 5) is 12.3. The van der Waals surface area contributed by atoms with E-state index >= 15 is 0 Å². The zero-order valence-electron chi connectivity index (χ0n) is 14.1. The molecule has 2 aromatic rings. The number of hydrogen-bond acceptors (Lipinski definition) is 5.